The first kappa shape index (κ1) is 21.2. The molecule has 0 saturated carbocycles. The van der Waals surface area contributed by atoms with Crippen molar-refractivity contribution in [3.8, 4) is 11.8 Å². The summed E-state index contributed by atoms with van der Waals surface area (Å²) < 4.78 is 38.1. The van der Waals surface area contributed by atoms with Gasteiger partial charge in [-0.2, -0.15) is 5.26 Å². The smallest absolute Gasteiger partial charge is 0.252 e. The van der Waals surface area contributed by atoms with Gasteiger partial charge in [-0.3, -0.25) is 4.79 Å². The molecule has 9 heteroatoms. The minimum absolute atomic E-state index is 0.0434. The lowest BCUT2D eigenvalue weighted by Crippen LogP contribution is -2.23. The number of carbonyl (C=O) groups is 1. The second kappa shape index (κ2) is 8.24. The summed E-state index contributed by atoms with van der Waals surface area (Å²) >= 11 is 0. The normalized spacial score (nSPS) is 11.3. The molecule has 0 bridgehead atoms. The fraction of sp³-hybridized carbons (Fsp3) is 0.0870. The number of aromatic nitrogens is 2. The van der Waals surface area contributed by atoms with E-state index in [1.807, 2.05) is 0 Å². The van der Waals surface area contributed by atoms with Gasteiger partial charge in [0.2, 0.25) is 0 Å². The van der Waals surface area contributed by atoms with Crippen LogP contribution in [0, 0.1) is 17.1 Å². The van der Waals surface area contributed by atoms with E-state index >= 15 is 0 Å². The van der Waals surface area contributed by atoms with Gasteiger partial charge in [0.05, 0.1) is 22.7 Å². The van der Waals surface area contributed by atoms with Crippen LogP contribution in [0.3, 0.4) is 0 Å². The van der Waals surface area contributed by atoms with Crippen molar-refractivity contribution in [1.29, 1.82) is 5.26 Å². The summed E-state index contributed by atoms with van der Waals surface area (Å²) in [7, 11) is -3.40. The molecule has 1 N–H and O–H groups in total. The summed E-state index contributed by atoms with van der Waals surface area (Å²) in [6, 6.07) is 15.9. The summed E-state index contributed by atoms with van der Waals surface area (Å²) in [5.74, 6) is -0.752. The highest BCUT2D eigenvalue weighted by Crippen LogP contribution is 2.26. The van der Waals surface area contributed by atoms with Crippen molar-refractivity contribution in [2.45, 2.75) is 11.6 Å². The number of rotatable bonds is 5. The second-order valence-corrected chi connectivity index (χ2v) is 9.15. The van der Waals surface area contributed by atoms with Crippen LogP contribution in [0.15, 0.2) is 72.0 Å². The van der Waals surface area contributed by atoms with Crippen molar-refractivity contribution in [2.75, 3.05) is 6.26 Å². The average Bonchev–Trinajstić information content (AvgIpc) is 3.21. The molecule has 2 heterocycles. The Morgan fingerprint density at radius 2 is 1.91 bits per heavy atom. The molecule has 4 rings (SSSR count). The molecule has 0 aliphatic rings. The van der Waals surface area contributed by atoms with Crippen LogP contribution in [-0.4, -0.2) is 30.1 Å². The largest absolute Gasteiger partial charge is 0.348 e. The summed E-state index contributed by atoms with van der Waals surface area (Å²) in [4.78, 5) is 16.8. The predicted molar refractivity (Wildman–Crippen MR) is 116 cm³/mol. The summed E-state index contributed by atoms with van der Waals surface area (Å²) in [5, 5.41) is 12.8. The zero-order valence-corrected chi connectivity index (χ0v) is 17.7. The number of nitriles is 1. The van der Waals surface area contributed by atoms with Gasteiger partial charge in [-0.1, -0.05) is 6.07 Å². The van der Waals surface area contributed by atoms with Crippen molar-refractivity contribution >= 4 is 26.6 Å². The van der Waals surface area contributed by atoms with Gasteiger partial charge in [0, 0.05) is 36.3 Å². The van der Waals surface area contributed by atoms with Crippen molar-refractivity contribution in [3.63, 3.8) is 0 Å². The van der Waals surface area contributed by atoms with Gasteiger partial charge < -0.3 is 9.88 Å². The highest BCUT2D eigenvalue weighted by Gasteiger charge is 2.16. The first-order valence-corrected chi connectivity index (χ1v) is 11.4. The van der Waals surface area contributed by atoms with Crippen molar-refractivity contribution in [3.05, 3.63) is 89.5 Å². The summed E-state index contributed by atoms with van der Waals surface area (Å²) in [6.07, 6.45) is 4.22. The van der Waals surface area contributed by atoms with Crippen molar-refractivity contribution in [1.82, 2.24) is 14.9 Å². The molecule has 0 aliphatic carbocycles. The highest BCUT2D eigenvalue weighted by atomic mass is 32.2. The molecule has 2 aromatic heterocycles. The fourth-order valence-electron chi connectivity index (χ4n) is 3.33. The van der Waals surface area contributed by atoms with E-state index in [1.54, 1.807) is 41.1 Å². The first-order valence-electron chi connectivity index (χ1n) is 9.50. The molecule has 0 unspecified atom stereocenters. The van der Waals surface area contributed by atoms with Crippen molar-refractivity contribution < 1.29 is 17.6 Å². The molecule has 0 aliphatic heterocycles. The third-order valence-corrected chi connectivity index (χ3v) is 5.92. The molecule has 2 aromatic carbocycles. The quantitative estimate of drug-likeness (QED) is 0.504. The number of nitrogens with zero attached hydrogens (tertiary/aromatic N) is 3. The minimum atomic E-state index is -3.40. The van der Waals surface area contributed by atoms with E-state index in [2.05, 4.69) is 16.4 Å². The molecular formula is C23H17FN4O3S. The molecule has 160 valence electrons. The average molecular weight is 448 g/mol. The minimum Gasteiger partial charge on any atom is -0.348 e. The number of hydrogen-bond donors (Lipinski definition) is 1. The molecule has 0 atom stereocenters. The van der Waals surface area contributed by atoms with E-state index in [-0.39, 0.29) is 17.4 Å². The van der Waals surface area contributed by atoms with Gasteiger partial charge in [0.15, 0.2) is 14.9 Å². The Morgan fingerprint density at radius 3 is 2.53 bits per heavy atom. The van der Waals surface area contributed by atoms with Crippen LogP contribution in [0.25, 0.3) is 16.6 Å². The Morgan fingerprint density at radius 1 is 1.16 bits per heavy atom. The number of amides is 1. The van der Waals surface area contributed by atoms with E-state index in [4.69, 9.17) is 0 Å². The number of carbonyl (C=O) groups excluding carboxylic acids is 1. The van der Waals surface area contributed by atoms with Gasteiger partial charge in [-0.05, 0) is 54.1 Å². The van der Waals surface area contributed by atoms with Crippen LogP contribution >= 0.6 is 0 Å². The molecule has 0 fully saturated rings. The number of pyridine rings is 1. The SMILES string of the molecule is CS(=O)(=O)c1ccc(CNC(=O)c2cc(C#N)cc3c2ccn3-c2ccc(F)cc2)cn1. The molecule has 0 spiro atoms. The summed E-state index contributed by atoms with van der Waals surface area (Å²) in [5.41, 5.74) is 2.59. The van der Waals surface area contributed by atoms with Gasteiger partial charge in [0.25, 0.3) is 5.91 Å². The number of hydrogen-bond acceptors (Lipinski definition) is 5. The predicted octanol–water partition coefficient (Wildman–Crippen LogP) is 3.37. The number of benzene rings is 2. The lowest BCUT2D eigenvalue weighted by molar-refractivity contribution is 0.0952. The maximum Gasteiger partial charge on any atom is 0.252 e. The maximum absolute atomic E-state index is 13.3. The Balaban J connectivity index is 1.64. The third-order valence-electron chi connectivity index (χ3n) is 4.92. The number of sulfone groups is 1. The van der Waals surface area contributed by atoms with Crippen LogP contribution in [0.5, 0.6) is 0 Å². The van der Waals surface area contributed by atoms with Gasteiger partial charge >= 0.3 is 0 Å². The lowest BCUT2D eigenvalue weighted by atomic mass is 10.1. The topological polar surface area (TPSA) is 105 Å². The van der Waals surface area contributed by atoms with Gasteiger partial charge in [-0.15, -0.1) is 0 Å². The maximum atomic E-state index is 13.3. The molecule has 7 nitrogen and oxygen atoms in total. The Labute approximate surface area is 183 Å². The second-order valence-electron chi connectivity index (χ2n) is 7.19. The molecular weight excluding hydrogens is 431 g/mol. The monoisotopic (exact) mass is 448 g/mol. The number of nitrogens with one attached hydrogen (secondary N) is 1. The molecule has 4 aromatic rings. The number of halogens is 1. The van der Waals surface area contributed by atoms with Crippen LogP contribution in [-0.2, 0) is 16.4 Å². The van der Waals surface area contributed by atoms with Crippen LogP contribution in [0.2, 0.25) is 0 Å². The summed E-state index contributed by atoms with van der Waals surface area (Å²) in [6.45, 7) is 0.132. The van der Waals surface area contributed by atoms with Crippen molar-refractivity contribution in [2.24, 2.45) is 0 Å². The number of fused-ring (bicyclic) bond motifs is 1. The Kier molecular flexibility index (Phi) is 5.47. The van der Waals surface area contributed by atoms with Crippen LogP contribution in [0.4, 0.5) is 4.39 Å². The van der Waals surface area contributed by atoms with E-state index < -0.39 is 15.7 Å². The van der Waals surface area contributed by atoms with E-state index in [9.17, 15) is 22.9 Å². The Bertz CT molecular complexity index is 1470. The standard InChI is InChI=1S/C23H17FN4O3S/c1-32(30,31)22-7-2-15(13-26-22)14-27-23(29)20-10-16(12-25)11-21-19(20)8-9-28(21)18-5-3-17(24)4-6-18/h2-11,13H,14H2,1H3,(H,27,29). The van der Waals surface area contributed by atoms with Crippen LogP contribution in [0.1, 0.15) is 21.5 Å². The van der Waals surface area contributed by atoms with Gasteiger partial charge in [0.1, 0.15) is 5.82 Å². The third kappa shape index (κ3) is 4.22. The van der Waals surface area contributed by atoms with Gasteiger partial charge in [-0.25, -0.2) is 17.8 Å². The fourth-order valence-corrected chi connectivity index (χ4v) is 3.89. The highest BCUT2D eigenvalue weighted by molar-refractivity contribution is 7.90. The van der Waals surface area contributed by atoms with Crippen LogP contribution < -0.4 is 5.32 Å². The van der Waals surface area contributed by atoms with E-state index in [1.165, 1.54) is 30.5 Å². The van der Waals surface area contributed by atoms with E-state index in [0.29, 0.717) is 33.3 Å². The first-order chi connectivity index (χ1) is 15.3. The molecule has 0 saturated heterocycles. The lowest BCUT2D eigenvalue weighted by Gasteiger charge is -2.10. The molecule has 0 radical (unpaired) electrons. The zero-order valence-electron chi connectivity index (χ0n) is 16.9. The zero-order chi connectivity index (χ0) is 22.9. The molecule has 32 heavy (non-hydrogen) atoms. The Hall–Kier alpha value is -4.03. The van der Waals surface area contributed by atoms with E-state index in [0.717, 1.165) is 6.26 Å². The molecule has 1 amide bonds.